The van der Waals surface area contributed by atoms with Crippen LogP contribution in [0.4, 0.5) is 0 Å². The Labute approximate surface area is 234 Å². The molecule has 192 valence electrons. The Balaban J connectivity index is 1.28. The molecule has 1 saturated heterocycles. The van der Waals surface area contributed by atoms with E-state index >= 15 is 0 Å². The van der Waals surface area contributed by atoms with Crippen LogP contribution in [0.15, 0.2) is 59.1 Å². The number of thiazole rings is 1. The van der Waals surface area contributed by atoms with Crippen molar-refractivity contribution in [2.24, 2.45) is 0 Å². The Kier molecular flexibility index (Phi) is 8.78. The average Bonchev–Trinajstić information content (AvgIpc) is 3.56. The van der Waals surface area contributed by atoms with Crippen LogP contribution in [0.3, 0.4) is 0 Å². The number of halogens is 2. The van der Waals surface area contributed by atoms with Gasteiger partial charge in [0.05, 0.1) is 16.5 Å². The largest absolute Gasteiger partial charge is 0.349 e. The molecule has 11 heteroatoms. The van der Waals surface area contributed by atoms with Crippen molar-refractivity contribution >= 4 is 52.2 Å². The molecule has 1 aliphatic rings. The number of nitrogens with zero attached hydrogens (tertiary/aromatic N) is 5. The van der Waals surface area contributed by atoms with Gasteiger partial charge in [-0.3, -0.25) is 9.36 Å². The molecule has 0 spiro atoms. The minimum Gasteiger partial charge on any atom is -0.349 e. The van der Waals surface area contributed by atoms with E-state index in [4.69, 9.17) is 23.2 Å². The quantitative estimate of drug-likeness (QED) is 0.240. The van der Waals surface area contributed by atoms with Gasteiger partial charge in [0, 0.05) is 29.1 Å². The van der Waals surface area contributed by atoms with Gasteiger partial charge in [-0.25, -0.2) is 4.98 Å². The summed E-state index contributed by atoms with van der Waals surface area (Å²) in [6.45, 7) is 3.75. The zero-order chi connectivity index (χ0) is 25.6. The highest BCUT2D eigenvalue weighted by Gasteiger charge is 2.19. The van der Waals surface area contributed by atoms with E-state index < -0.39 is 0 Å². The van der Waals surface area contributed by atoms with Crippen LogP contribution in [0.1, 0.15) is 34.8 Å². The lowest BCUT2D eigenvalue weighted by Gasteiger charge is -2.26. The number of carbonyl (C=O) groups excluding carboxylic acids is 1. The van der Waals surface area contributed by atoms with Crippen molar-refractivity contribution < 1.29 is 4.79 Å². The third-order valence-corrected chi connectivity index (χ3v) is 8.62. The Hall–Kier alpha value is -2.43. The fourth-order valence-corrected chi connectivity index (χ4v) is 6.39. The highest BCUT2D eigenvalue weighted by atomic mass is 35.5. The second-order valence-electron chi connectivity index (χ2n) is 8.67. The van der Waals surface area contributed by atoms with Crippen molar-refractivity contribution in [3.63, 3.8) is 0 Å². The van der Waals surface area contributed by atoms with E-state index in [1.807, 2.05) is 58.5 Å². The zero-order valence-corrected chi connectivity index (χ0v) is 23.2. The van der Waals surface area contributed by atoms with Gasteiger partial charge in [-0.05, 0) is 56.3 Å². The number of nitrogens with one attached hydrogen (secondary N) is 1. The molecule has 2 aromatic carbocycles. The summed E-state index contributed by atoms with van der Waals surface area (Å²) < 4.78 is 1.94. The minimum atomic E-state index is -0.132. The molecule has 7 nitrogen and oxygen atoms in total. The van der Waals surface area contributed by atoms with Gasteiger partial charge >= 0.3 is 0 Å². The second kappa shape index (κ2) is 12.4. The van der Waals surface area contributed by atoms with Crippen molar-refractivity contribution in [2.45, 2.75) is 30.2 Å². The number of carbonyl (C=O) groups is 1. The van der Waals surface area contributed by atoms with Crippen LogP contribution in [0.2, 0.25) is 10.0 Å². The topological polar surface area (TPSA) is 75.9 Å². The lowest BCUT2D eigenvalue weighted by Crippen LogP contribution is -2.37. The Morgan fingerprint density at radius 1 is 1.05 bits per heavy atom. The molecule has 0 saturated carbocycles. The first-order chi connectivity index (χ1) is 18.1. The standard InChI is InChI=1S/C26H26Cl2N6OS2/c27-18-7-6-8-19(15-18)34-24(20-9-2-3-10-21(20)28)31-32-26(34)37-17-23-30-22(16-36-23)25(35)29-11-14-33-12-4-1-5-13-33/h2-3,6-10,15-16H,1,4-5,11-14,17H2,(H,29,35). The maximum atomic E-state index is 12.6. The maximum Gasteiger partial charge on any atom is 0.270 e. The fraction of sp³-hybridized carbons (Fsp3) is 0.308. The van der Waals surface area contributed by atoms with Crippen molar-refractivity contribution in [2.75, 3.05) is 26.2 Å². The predicted molar refractivity (Wildman–Crippen MR) is 151 cm³/mol. The normalized spacial score (nSPS) is 14.1. The number of likely N-dealkylation sites (tertiary alicyclic amines) is 1. The van der Waals surface area contributed by atoms with Crippen LogP contribution in [0.25, 0.3) is 17.1 Å². The van der Waals surface area contributed by atoms with Crippen LogP contribution in [0.5, 0.6) is 0 Å². The van der Waals surface area contributed by atoms with Gasteiger partial charge in [0.15, 0.2) is 11.0 Å². The third kappa shape index (κ3) is 6.53. The molecule has 0 atom stereocenters. The van der Waals surface area contributed by atoms with E-state index in [0.717, 1.165) is 35.9 Å². The van der Waals surface area contributed by atoms with Gasteiger partial charge in [0.2, 0.25) is 0 Å². The third-order valence-electron chi connectivity index (χ3n) is 6.09. The van der Waals surface area contributed by atoms with E-state index in [1.165, 1.54) is 42.4 Å². The van der Waals surface area contributed by atoms with E-state index in [9.17, 15) is 4.79 Å². The smallest absolute Gasteiger partial charge is 0.270 e. The molecule has 3 heterocycles. The summed E-state index contributed by atoms with van der Waals surface area (Å²) in [6.07, 6.45) is 3.79. The molecule has 1 fully saturated rings. The molecule has 4 aromatic rings. The van der Waals surface area contributed by atoms with Crippen LogP contribution >= 0.6 is 46.3 Å². The molecule has 5 rings (SSSR count). The van der Waals surface area contributed by atoms with E-state index in [1.54, 1.807) is 0 Å². The maximum absolute atomic E-state index is 12.6. The van der Waals surface area contributed by atoms with Crippen molar-refractivity contribution in [3.05, 3.63) is 74.7 Å². The summed E-state index contributed by atoms with van der Waals surface area (Å²) >= 11 is 15.7. The Morgan fingerprint density at radius 3 is 2.70 bits per heavy atom. The highest BCUT2D eigenvalue weighted by Crippen LogP contribution is 2.33. The lowest BCUT2D eigenvalue weighted by atomic mass is 10.1. The monoisotopic (exact) mass is 572 g/mol. The number of piperidine rings is 1. The van der Waals surface area contributed by atoms with Gasteiger partial charge in [0.25, 0.3) is 5.91 Å². The molecule has 0 aliphatic carbocycles. The van der Waals surface area contributed by atoms with Crippen molar-refractivity contribution in [3.8, 4) is 17.1 Å². The van der Waals surface area contributed by atoms with Crippen molar-refractivity contribution in [1.29, 1.82) is 0 Å². The second-order valence-corrected chi connectivity index (χ2v) is 11.4. The number of amides is 1. The number of hydrogen-bond donors (Lipinski definition) is 1. The predicted octanol–water partition coefficient (Wildman–Crippen LogP) is 6.21. The van der Waals surface area contributed by atoms with E-state index in [-0.39, 0.29) is 5.91 Å². The van der Waals surface area contributed by atoms with Crippen LogP contribution in [-0.2, 0) is 5.75 Å². The summed E-state index contributed by atoms with van der Waals surface area (Å²) in [4.78, 5) is 19.6. The first-order valence-corrected chi connectivity index (χ1v) is 14.7. The highest BCUT2D eigenvalue weighted by molar-refractivity contribution is 7.98. The number of hydrogen-bond acceptors (Lipinski definition) is 7. The van der Waals surface area contributed by atoms with Crippen LogP contribution in [0, 0.1) is 0 Å². The first kappa shape index (κ1) is 26.2. The zero-order valence-electron chi connectivity index (χ0n) is 20.1. The minimum absolute atomic E-state index is 0.132. The molecule has 1 aliphatic heterocycles. The molecule has 1 amide bonds. The van der Waals surface area contributed by atoms with Gasteiger partial charge in [-0.15, -0.1) is 21.5 Å². The van der Waals surface area contributed by atoms with Gasteiger partial charge in [-0.2, -0.15) is 0 Å². The van der Waals surface area contributed by atoms with Gasteiger partial charge in [-0.1, -0.05) is 59.6 Å². The summed E-state index contributed by atoms with van der Waals surface area (Å²) in [5, 5.41) is 16.4. The van der Waals surface area contributed by atoms with Crippen molar-refractivity contribution in [1.82, 2.24) is 30.0 Å². The fourth-order valence-electron chi connectivity index (χ4n) is 4.24. The van der Waals surface area contributed by atoms with Gasteiger partial charge in [0.1, 0.15) is 10.7 Å². The van der Waals surface area contributed by atoms with E-state index in [2.05, 4.69) is 25.4 Å². The van der Waals surface area contributed by atoms with E-state index in [0.29, 0.717) is 39.0 Å². The molecule has 1 N–H and O–H groups in total. The molecule has 0 bridgehead atoms. The first-order valence-electron chi connectivity index (χ1n) is 12.1. The van der Waals surface area contributed by atoms with Crippen LogP contribution in [-0.4, -0.2) is 56.7 Å². The molecular weight excluding hydrogens is 547 g/mol. The molecular formula is C26H26Cl2N6OS2. The summed E-state index contributed by atoms with van der Waals surface area (Å²) in [5.41, 5.74) is 2.07. The Morgan fingerprint density at radius 2 is 1.89 bits per heavy atom. The summed E-state index contributed by atoms with van der Waals surface area (Å²) in [6, 6.07) is 15.1. The number of aromatic nitrogens is 4. The van der Waals surface area contributed by atoms with Gasteiger partial charge < -0.3 is 10.2 Å². The SMILES string of the molecule is O=C(NCCN1CCCCC1)c1csc(CSc2nnc(-c3ccccc3Cl)n2-c2cccc(Cl)c2)n1. The average molecular weight is 574 g/mol. The Bertz CT molecular complexity index is 1370. The number of thioether (sulfide) groups is 1. The summed E-state index contributed by atoms with van der Waals surface area (Å²) in [7, 11) is 0. The number of benzene rings is 2. The number of rotatable bonds is 9. The molecule has 2 aromatic heterocycles. The molecule has 37 heavy (non-hydrogen) atoms. The lowest BCUT2D eigenvalue weighted by molar-refractivity contribution is 0.0942. The molecule has 0 radical (unpaired) electrons. The molecule has 0 unspecified atom stereocenters. The summed E-state index contributed by atoms with van der Waals surface area (Å²) in [5.74, 6) is 1.04. The van der Waals surface area contributed by atoms with Crippen LogP contribution < -0.4 is 5.32 Å².